The van der Waals surface area contributed by atoms with Crippen LogP contribution in [0.15, 0.2) is 30.6 Å². The van der Waals surface area contributed by atoms with Crippen LogP contribution in [-0.4, -0.2) is 20.9 Å². The van der Waals surface area contributed by atoms with Crippen LogP contribution >= 0.6 is 0 Å². The molecule has 0 fully saturated rings. The van der Waals surface area contributed by atoms with E-state index in [4.69, 9.17) is 0 Å². The Morgan fingerprint density at radius 3 is 2.57 bits per heavy atom. The van der Waals surface area contributed by atoms with Crippen molar-refractivity contribution >= 4 is 23.0 Å². The molecule has 0 bridgehead atoms. The van der Waals surface area contributed by atoms with E-state index in [1.165, 1.54) is 6.33 Å². The quantitative estimate of drug-likeness (QED) is 0.647. The molecule has 0 amide bonds. The van der Waals surface area contributed by atoms with E-state index in [0.717, 1.165) is 11.3 Å². The second-order valence-corrected chi connectivity index (χ2v) is 4.97. The van der Waals surface area contributed by atoms with E-state index in [1.54, 1.807) is 0 Å². The molecule has 0 atom stereocenters. The lowest BCUT2D eigenvalue weighted by Gasteiger charge is -2.12. The van der Waals surface area contributed by atoms with Gasteiger partial charge in [-0.3, -0.25) is 10.1 Å². The van der Waals surface area contributed by atoms with Crippen LogP contribution in [0.1, 0.15) is 19.4 Å². The molecule has 7 heteroatoms. The number of aromatic nitrogens is 2. The summed E-state index contributed by atoms with van der Waals surface area (Å²) in [5.74, 6) is 0.379. The van der Waals surface area contributed by atoms with Gasteiger partial charge in [0.05, 0.1) is 4.92 Å². The van der Waals surface area contributed by atoms with E-state index >= 15 is 0 Å². The van der Waals surface area contributed by atoms with Gasteiger partial charge in [-0.2, -0.15) is 0 Å². The summed E-state index contributed by atoms with van der Waals surface area (Å²) in [6.45, 7) is 5.73. The first kappa shape index (κ1) is 14.7. The summed E-state index contributed by atoms with van der Waals surface area (Å²) in [6.07, 6.45) is 1.30. The van der Waals surface area contributed by atoms with Gasteiger partial charge in [-0.25, -0.2) is 9.97 Å². The van der Waals surface area contributed by atoms with Crippen LogP contribution in [0.5, 0.6) is 0 Å². The van der Waals surface area contributed by atoms with E-state index in [1.807, 2.05) is 45.0 Å². The van der Waals surface area contributed by atoms with Gasteiger partial charge in [-0.05, 0) is 38.5 Å². The van der Waals surface area contributed by atoms with E-state index in [-0.39, 0.29) is 23.4 Å². The molecular weight excluding hydrogens is 270 g/mol. The highest BCUT2D eigenvalue weighted by Gasteiger charge is 2.23. The van der Waals surface area contributed by atoms with Gasteiger partial charge < -0.3 is 10.6 Å². The third kappa shape index (κ3) is 3.65. The molecule has 7 nitrogen and oxygen atoms in total. The number of hydrogen-bond donors (Lipinski definition) is 2. The van der Waals surface area contributed by atoms with Crippen LogP contribution in [0.3, 0.4) is 0 Å². The van der Waals surface area contributed by atoms with E-state index in [0.29, 0.717) is 0 Å². The Morgan fingerprint density at radius 2 is 1.95 bits per heavy atom. The molecule has 110 valence electrons. The lowest BCUT2D eigenvalue weighted by atomic mass is 10.2. The molecule has 0 saturated carbocycles. The second kappa shape index (κ2) is 6.17. The molecule has 1 aromatic heterocycles. The average molecular weight is 287 g/mol. The number of anilines is 3. The maximum Gasteiger partial charge on any atom is 0.353 e. The Morgan fingerprint density at radius 1 is 1.24 bits per heavy atom. The summed E-state index contributed by atoms with van der Waals surface area (Å²) in [7, 11) is 0. The summed E-state index contributed by atoms with van der Waals surface area (Å²) in [6, 6.07) is 7.57. The van der Waals surface area contributed by atoms with Crippen molar-refractivity contribution in [3.63, 3.8) is 0 Å². The zero-order valence-corrected chi connectivity index (χ0v) is 12.1. The van der Waals surface area contributed by atoms with Crippen molar-refractivity contribution in [1.29, 1.82) is 0 Å². The number of nitrogens with one attached hydrogen (secondary N) is 2. The van der Waals surface area contributed by atoms with Gasteiger partial charge in [0.25, 0.3) is 0 Å². The maximum atomic E-state index is 11.3. The molecule has 0 unspecified atom stereocenters. The Bertz CT molecular complexity index is 658. The fraction of sp³-hybridized carbons (Fsp3) is 0.286. The predicted octanol–water partition coefficient (Wildman–Crippen LogP) is 3.26. The fourth-order valence-corrected chi connectivity index (χ4v) is 1.88. The number of rotatable bonds is 5. The maximum absolute atomic E-state index is 11.3. The number of benzene rings is 1. The molecule has 0 aliphatic heterocycles. The number of nitrogens with zero attached hydrogens (tertiary/aromatic N) is 3. The molecule has 21 heavy (non-hydrogen) atoms. The minimum atomic E-state index is -0.483. The van der Waals surface area contributed by atoms with Crippen molar-refractivity contribution in [3.05, 3.63) is 46.3 Å². The van der Waals surface area contributed by atoms with Gasteiger partial charge in [0.15, 0.2) is 0 Å². The number of hydrogen-bond acceptors (Lipinski definition) is 6. The van der Waals surface area contributed by atoms with Crippen LogP contribution in [0.25, 0.3) is 0 Å². The minimum Gasteiger partial charge on any atom is -0.362 e. The summed E-state index contributed by atoms with van der Waals surface area (Å²) in [4.78, 5) is 18.8. The molecule has 0 spiro atoms. The SMILES string of the molecule is Cc1cccc(Nc2ncnc(NC(C)C)c2[N+](=O)[O-])c1. The smallest absolute Gasteiger partial charge is 0.353 e. The normalized spacial score (nSPS) is 10.5. The Labute approximate surface area is 122 Å². The third-order valence-corrected chi connectivity index (χ3v) is 2.71. The monoisotopic (exact) mass is 287 g/mol. The zero-order chi connectivity index (χ0) is 15.4. The van der Waals surface area contributed by atoms with Crippen LogP contribution in [0, 0.1) is 17.0 Å². The van der Waals surface area contributed by atoms with Gasteiger partial charge in [-0.1, -0.05) is 12.1 Å². The summed E-state index contributed by atoms with van der Waals surface area (Å²) in [5, 5.41) is 17.3. The van der Waals surface area contributed by atoms with Gasteiger partial charge >= 0.3 is 5.69 Å². The van der Waals surface area contributed by atoms with Gasteiger partial charge in [-0.15, -0.1) is 0 Å². The van der Waals surface area contributed by atoms with Gasteiger partial charge in [0.1, 0.15) is 6.33 Å². The fourth-order valence-electron chi connectivity index (χ4n) is 1.88. The standard InChI is InChI=1S/C14H17N5O2/c1-9(2)17-13-12(19(20)21)14(16-8-15-13)18-11-6-4-5-10(3)7-11/h4-9H,1-3H3,(H2,15,16,17,18). The molecule has 0 aliphatic carbocycles. The van der Waals surface area contributed by atoms with Crippen molar-refractivity contribution in [1.82, 2.24) is 9.97 Å². The molecule has 2 aromatic rings. The highest BCUT2D eigenvalue weighted by atomic mass is 16.6. The Hall–Kier alpha value is -2.70. The van der Waals surface area contributed by atoms with Crippen molar-refractivity contribution in [2.75, 3.05) is 10.6 Å². The van der Waals surface area contributed by atoms with Gasteiger partial charge in [0.2, 0.25) is 11.6 Å². The van der Waals surface area contributed by atoms with Crippen molar-refractivity contribution in [2.24, 2.45) is 0 Å². The largest absolute Gasteiger partial charge is 0.362 e. The Kier molecular flexibility index (Phi) is 4.32. The molecule has 1 aromatic carbocycles. The number of nitro groups is 1. The van der Waals surface area contributed by atoms with Crippen LogP contribution in [0.4, 0.5) is 23.0 Å². The minimum absolute atomic E-state index is 0.0328. The van der Waals surface area contributed by atoms with Crippen molar-refractivity contribution in [2.45, 2.75) is 26.8 Å². The Balaban J connectivity index is 2.41. The van der Waals surface area contributed by atoms with Crippen molar-refractivity contribution < 1.29 is 4.92 Å². The third-order valence-electron chi connectivity index (χ3n) is 2.71. The van der Waals surface area contributed by atoms with E-state index in [9.17, 15) is 10.1 Å². The molecule has 0 radical (unpaired) electrons. The first-order valence-electron chi connectivity index (χ1n) is 6.57. The molecule has 2 N–H and O–H groups in total. The first-order valence-corrected chi connectivity index (χ1v) is 6.57. The van der Waals surface area contributed by atoms with Gasteiger partial charge in [0, 0.05) is 11.7 Å². The van der Waals surface area contributed by atoms with Crippen LogP contribution in [-0.2, 0) is 0 Å². The topological polar surface area (TPSA) is 93.0 Å². The molecule has 0 saturated heterocycles. The molecule has 0 aliphatic rings. The van der Waals surface area contributed by atoms with Crippen LogP contribution < -0.4 is 10.6 Å². The van der Waals surface area contributed by atoms with Crippen LogP contribution in [0.2, 0.25) is 0 Å². The van der Waals surface area contributed by atoms with Crippen molar-refractivity contribution in [3.8, 4) is 0 Å². The summed E-state index contributed by atoms with van der Waals surface area (Å²) < 4.78 is 0. The highest BCUT2D eigenvalue weighted by molar-refractivity contribution is 5.73. The lowest BCUT2D eigenvalue weighted by molar-refractivity contribution is -0.383. The number of aryl methyl sites for hydroxylation is 1. The average Bonchev–Trinajstić information content (AvgIpc) is 2.37. The molecule has 2 rings (SSSR count). The lowest BCUT2D eigenvalue weighted by Crippen LogP contribution is -2.14. The summed E-state index contributed by atoms with van der Waals surface area (Å²) >= 11 is 0. The molecule has 1 heterocycles. The molecular formula is C14H17N5O2. The van der Waals surface area contributed by atoms with E-state index < -0.39 is 4.92 Å². The first-order chi connectivity index (χ1) is 9.97. The summed E-state index contributed by atoms with van der Waals surface area (Å²) in [5.41, 5.74) is 1.64. The zero-order valence-electron chi connectivity index (χ0n) is 12.1. The predicted molar refractivity (Wildman–Crippen MR) is 81.9 cm³/mol. The second-order valence-electron chi connectivity index (χ2n) is 4.97. The van der Waals surface area contributed by atoms with E-state index in [2.05, 4.69) is 20.6 Å². The highest BCUT2D eigenvalue weighted by Crippen LogP contribution is 2.31.